The normalized spacial score (nSPS) is 17.3. The average Bonchev–Trinajstić information content (AvgIpc) is 3.40. The Hall–Kier alpha value is -3.83. The highest BCUT2D eigenvalue weighted by atomic mass is 19.4. The molecule has 3 aromatic heterocycles. The van der Waals surface area contributed by atoms with Crippen molar-refractivity contribution in [3.8, 4) is 0 Å². The minimum absolute atomic E-state index is 0.00735. The predicted molar refractivity (Wildman–Crippen MR) is 106 cm³/mol. The molecule has 0 saturated carbocycles. The fraction of sp³-hybridized carbons (Fsp3) is 0.263. The molecule has 4 rings (SSSR count). The SMILES string of the molecule is N/C=C(\O)c1ccnc(NC(=O)c2cnc3ccc(N4CCCC4C(F)(F)F)nn23)c1. The minimum Gasteiger partial charge on any atom is -0.506 e. The zero-order valence-corrected chi connectivity index (χ0v) is 16.0. The number of nitrogens with one attached hydrogen (secondary N) is 1. The van der Waals surface area contributed by atoms with Gasteiger partial charge in [-0.3, -0.25) is 4.79 Å². The summed E-state index contributed by atoms with van der Waals surface area (Å²) >= 11 is 0. The molecule has 12 heteroatoms. The van der Waals surface area contributed by atoms with Gasteiger partial charge in [0.15, 0.2) is 11.3 Å². The molecule has 1 unspecified atom stereocenters. The third-order valence-corrected chi connectivity index (χ3v) is 4.96. The molecule has 9 nitrogen and oxygen atoms in total. The summed E-state index contributed by atoms with van der Waals surface area (Å²) in [6.07, 6.45) is -0.334. The fourth-order valence-corrected chi connectivity index (χ4v) is 3.49. The number of carbonyl (C=O) groups is 1. The maximum Gasteiger partial charge on any atom is 0.408 e. The van der Waals surface area contributed by atoms with Crippen LogP contribution in [-0.2, 0) is 0 Å². The lowest BCUT2D eigenvalue weighted by molar-refractivity contribution is -0.146. The average molecular weight is 433 g/mol. The molecular formula is C19H18F3N7O2. The number of fused-ring (bicyclic) bond motifs is 1. The number of aliphatic hydroxyl groups excluding tert-OH is 1. The summed E-state index contributed by atoms with van der Waals surface area (Å²) in [4.78, 5) is 22.0. The first-order valence-corrected chi connectivity index (χ1v) is 9.34. The summed E-state index contributed by atoms with van der Waals surface area (Å²) in [6.45, 7) is 0.216. The zero-order chi connectivity index (χ0) is 22.2. The van der Waals surface area contributed by atoms with Gasteiger partial charge in [-0.05, 0) is 37.1 Å². The third-order valence-electron chi connectivity index (χ3n) is 4.96. The van der Waals surface area contributed by atoms with Crippen molar-refractivity contribution in [3.63, 3.8) is 0 Å². The van der Waals surface area contributed by atoms with Crippen LogP contribution in [0.5, 0.6) is 0 Å². The van der Waals surface area contributed by atoms with Gasteiger partial charge in [0.1, 0.15) is 23.4 Å². The van der Waals surface area contributed by atoms with Crippen LogP contribution < -0.4 is 16.0 Å². The van der Waals surface area contributed by atoms with Crippen molar-refractivity contribution in [2.24, 2.45) is 5.73 Å². The molecule has 1 aliphatic rings. The van der Waals surface area contributed by atoms with E-state index in [0.717, 1.165) is 6.20 Å². The van der Waals surface area contributed by atoms with Crippen LogP contribution in [0.15, 0.2) is 42.9 Å². The van der Waals surface area contributed by atoms with Gasteiger partial charge in [-0.25, -0.2) is 14.5 Å². The van der Waals surface area contributed by atoms with Crippen molar-refractivity contribution >= 4 is 28.9 Å². The summed E-state index contributed by atoms with van der Waals surface area (Å²) in [5, 5.41) is 16.5. The Kier molecular flexibility index (Phi) is 5.13. The zero-order valence-electron chi connectivity index (χ0n) is 16.0. The van der Waals surface area contributed by atoms with Crippen LogP contribution in [0.3, 0.4) is 0 Å². The number of amides is 1. The molecule has 0 spiro atoms. The first kappa shape index (κ1) is 20.4. The Morgan fingerprint density at radius 1 is 1.29 bits per heavy atom. The van der Waals surface area contributed by atoms with E-state index < -0.39 is 18.1 Å². The van der Waals surface area contributed by atoms with Crippen molar-refractivity contribution in [2.75, 3.05) is 16.8 Å². The molecule has 0 radical (unpaired) electrons. The molecule has 0 bridgehead atoms. The highest BCUT2D eigenvalue weighted by Crippen LogP contribution is 2.35. The first-order valence-electron chi connectivity index (χ1n) is 9.34. The summed E-state index contributed by atoms with van der Waals surface area (Å²) < 4.78 is 41.2. The van der Waals surface area contributed by atoms with Crippen molar-refractivity contribution in [3.05, 3.63) is 54.1 Å². The highest BCUT2D eigenvalue weighted by molar-refractivity contribution is 6.03. The third kappa shape index (κ3) is 3.96. The van der Waals surface area contributed by atoms with E-state index in [1.54, 1.807) is 0 Å². The number of anilines is 2. The second-order valence-corrected chi connectivity index (χ2v) is 6.93. The van der Waals surface area contributed by atoms with E-state index in [1.807, 2.05) is 0 Å². The monoisotopic (exact) mass is 433 g/mol. The van der Waals surface area contributed by atoms with Gasteiger partial charge < -0.3 is 21.1 Å². The van der Waals surface area contributed by atoms with Gasteiger partial charge in [-0.15, -0.1) is 5.10 Å². The molecule has 1 atom stereocenters. The van der Waals surface area contributed by atoms with Crippen LogP contribution in [0.4, 0.5) is 24.8 Å². The highest BCUT2D eigenvalue weighted by Gasteiger charge is 2.46. The van der Waals surface area contributed by atoms with Crippen molar-refractivity contribution in [2.45, 2.75) is 25.1 Å². The number of nitrogens with zero attached hydrogens (tertiary/aromatic N) is 5. The molecule has 0 aromatic carbocycles. The Balaban J connectivity index is 1.63. The lowest BCUT2D eigenvalue weighted by Crippen LogP contribution is -2.41. The van der Waals surface area contributed by atoms with E-state index in [4.69, 9.17) is 5.73 Å². The Morgan fingerprint density at radius 2 is 2.10 bits per heavy atom. The van der Waals surface area contributed by atoms with Crippen LogP contribution >= 0.6 is 0 Å². The summed E-state index contributed by atoms with van der Waals surface area (Å²) in [6, 6.07) is 4.27. The van der Waals surface area contributed by atoms with E-state index in [9.17, 15) is 23.1 Å². The van der Waals surface area contributed by atoms with Crippen molar-refractivity contribution in [1.82, 2.24) is 19.6 Å². The molecule has 1 fully saturated rings. The van der Waals surface area contributed by atoms with Gasteiger partial charge in [0.05, 0.1) is 6.20 Å². The van der Waals surface area contributed by atoms with E-state index in [1.165, 1.54) is 46.1 Å². The van der Waals surface area contributed by atoms with Crippen LogP contribution in [0.1, 0.15) is 28.9 Å². The first-order chi connectivity index (χ1) is 14.8. The number of halogens is 3. The number of rotatable bonds is 4. The van der Waals surface area contributed by atoms with E-state index in [0.29, 0.717) is 17.6 Å². The topological polar surface area (TPSA) is 122 Å². The molecule has 1 saturated heterocycles. The predicted octanol–water partition coefficient (Wildman–Crippen LogP) is 2.72. The summed E-state index contributed by atoms with van der Waals surface area (Å²) in [5.74, 6) is -0.563. The number of imidazole rings is 1. The van der Waals surface area contributed by atoms with Crippen LogP contribution in [0.2, 0.25) is 0 Å². The van der Waals surface area contributed by atoms with Crippen LogP contribution in [0.25, 0.3) is 11.4 Å². The number of nitrogens with two attached hydrogens (primary N) is 1. The number of hydrogen-bond donors (Lipinski definition) is 3. The molecule has 3 aromatic rings. The number of hydrogen-bond acceptors (Lipinski definition) is 7. The molecule has 0 aliphatic carbocycles. The van der Waals surface area contributed by atoms with Gasteiger partial charge in [0.2, 0.25) is 0 Å². The Bertz CT molecular complexity index is 1160. The van der Waals surface area contributed by atoms with Gasteiger partial charge in [-0.1, -0.05) is 0 Å². The van der Waals surface area contributed by atoms with Crippen LogP contribution in [-0.4, -0.2) is 49.4 Å². The summed E-state index contributed by atoms with van der Waals surface area (Å²) in [7, 11) is 0. The Morgan fingerprint density at radius 3 is 2.84 bits per heavy atom. The molecule has 1 amide bonds. The van der Waals surface area contributed by atoms with Crippen molar-refractivity contribution < 1.29 is 23.1 Å². The maximum atomic E-state index is 13.3. The second-order valence-electron chi connectivity index (χ2n) is 6.93. The number of carbonyl (C=O) groups excluding carboxylic acids is 1. The second kappa shape index (κ2) is 7.78. The van der Waals surface area contributed by atoms with Gasteiger partial charge in [0, 0.05) is 24.5 Å². The smallest absolute Gasteiger partial charge is 0.408 e. The number of pyridine rings is 1. The van der Waals surface area contributed by atoms with E-state index in [-0.39, 0.29) is 36.1 Å². The lowest BCUT2D eigenvalue weighted by atomic mass is 10.2. The van der Waals surface area contributed by atoms with E-state index in [2.05, 4.69) is 20.4 Å². The van der Waals surface area contributed by atoms with Crippen LogP contribution in [0, 0.1) is 0 Å². The van der Waals surface area contributed by atoms with Crippen molar-refractivity contribution in [1.29, 1.82) is 0 Å². The fourth-order valence-electron chi connectivity index (χ4n) is 3.49. The molecular weight excluding hydrogens is 415 g/mol. The quantitative estimate of drug-likeness (QED) is 0.541. The number of aliphatic hydroxyl groups is 1. The van der Waals surface area contributed by atoms with Gasteiger partial charge in [0.25, 0.3) is 5.91 Å². The number of aromatic nitrogens is 4. The maximum absolute atomic E-state index is 13.3. The number of alkyl halides is 3. The van der Waals surface area contributed by atoms with Gasteiger partial charge in [-0.2, -0.15) is 13.2 Å². The Labute approximate surface area is 174 Å². The molecule has 4 heterocycles. The van der Waals surface area contributed by atoms with E-state index >= 15 is 0 Å². The molecule has 31 heavy (non-hydrogen) atoms. The lowest BCUT2D eigenvalue weighted by Gasteiger charge is -2.27. The minimum atomic E-state index is -4.37. The molecule has 4 N–H and O–H groups in total. The summed E-state index contributed by atoms with van der Waals surface area (Å²) in [5.41, 5.74) is 5.96. The standard InChI is InChI=1S/C19H18F3N7O2/c20-19(21,22)14-2-1-7-28(14)17-4-3-16-25-10-12(29(16)27-17)18(31)26-15-8-11(5-6-24-15)13(30)9-23/h3-6,8-10,14,30H,1-2,7,23H2,(H,24,26,31)/b13-9-. The largest absolute Gasteiger partial charge is 0.506 e. The molecule has 162 valence electrons. The van der Waals surface area contributed by atoms with Gasteiger partial charge >= 0.3 is 6.18 Å². The molecule has 1 aliphatic heterocycles.